The number of carbonyl (C=O) groups is 1. The zero-order chi connectivity index (χ0) is 30.3. The van der Waals surface area contributed by atoms with Crippen LogP contribution < -0.4 is 14.6 Å². The van der Waals surface area contributed by atoms with Crippen molar-refractivity contribution in [3.63, 3.8) is 0 Å². The molecule has 2 aromatic carbocycles. The van der Waals surface area contributed by atoms with Gasteiger partial charge < -0.3 is 29.6 Å². The molecule has 229 valence electrons. The number of hydrogen-bond acceptors (Lipinski definition) is 8. The van der Waals surface area contributed by atoms with Crippen LogP contribution in [0, 0.1) is 0 Å². The Morgan fingerprint density at radius 2 is 1.12 bits per heavy atom. The summed E-state index contributed by atoms with van der Waals surface area (Å²) in [5.74, 6) is 0.777. The van der Waals surface area contributed by atoms with Crippen LogP contribution in [0.2, 0.25) is 0 Å². The molecule has 1 fully saturated rings. The summed E-state index contributed by atoms with van der Waals surface area (Å²) < 4.78 is 11.0. The van der Waals surface area contributed by atoms with Crippen molar-refractivity contribution in [2.24, 2.45) is 9.98 Å². The summed E-state index contributed by atoms with van der Waals surface area (Å²) in [4.78, 5) is 18.6. The minimum Gasteiger partial charge on any atom is -0.550 e. The van der Waals surface area contributed by atoms with Gasteiger partial charge in [0.25, 0.3) is 0 Å². The maximum atomic E-state index is 10.9. The van der Waals surface area contributed by atoms with Crippen LogP contribution in [0.4, 0.5) is 0 Å². The third kappa shape index (κ3) is 10.4. The molecule has 3 rings (SSSR count). The number of phenolic OH excluding ortho intramolecular Hbond substituents is 2. The van der Waals surface area contributed by atoms with E-state index in [9.17, 15) is 10.2 Å². The summed E-state index contributed by atoms with van der Waals surface area (Å²) >= 11 is 0. The molecule has 0 spiro atoms. The predicted octanol–water partition coefficient (Wildman–Crippen LogP) is 5.31. The van der Waals surface area contributed by atoms with Crippen molar-refractivity contribution in [3.05, 3.63) is 46.5 Å². The molecule has 0 amide bonds. The number of aliphatic carboxylic acids is 1. The largest absolute Gasteiger partial charge is 0.550 e. The van der Waals surface area contributed by atoms with Crippen molar-refractivity contribution in [1.82, 2.24) is 0 Å². The van der Waals surface area contributed by atoms with Gasteiger partial charge in [-0.15, -0.1) is 0 Å². The second-order valence-corrected chi connectivity index (χ2v) is 12.2. The number of aliphatic imine (C=N–C) groups is 2. The van der Waals surface area contributed by atoms with E-state index in [2.05, 4.69) is 41.5 Å². The zero-order valence-corrected chi connectivity index (χ0v) is 26.7. The number of ether oxygens (including phenoxy) is 2. The van der Waals surface area contributed by atoms with Crippen LogP contribution in [0.5, 0.6) is 23.0 Å². The summed E-state index contributed by atoms with van der Waals surface area (Å²) in [5.41, 5.74) is 2.47. The van der Waals surface area contributed by atoms with Crippen LogP contribution in [0.1, 0.15) is 96.4 Å². The van der Waals surface area contributed by atoms with Crippen molar-refractivity contribution < 1.29 is 46.4 Å². The minimum absolute atomic E-state index is 0. The first kappa shape index (κ1) is 36.0. The molecular weight excluding hydrogens is 567 g/mol. The van der Waals surface area contributed by atoms with E-state index in [-0.39, 0.29) is 51.2 Å². The molecule has 1 saturated carbocycles. The molecule has 2 unspecified atom stereocenters. The minimum atomic E-state index is -1.08. The van der Waals surface area contributed by atoms with Gasteiger partial charge in [0.1, 0.15) is 23.0 Å². The fraction of sp³-hybridized carbons (Fsp3) is 0.531. The van der Waals surface area contributed by atoms with Gasteiger partial charge in [-0.1, -0.05) is 54.4 Å². The summed E-state index contributed by atoms with van der Waals surface area (Å²) in [7, 11) is 3.26. The van der Waals surface area contributed by atoms with Crippen LogP contribution in [0.25, 0.3) is 0 Å². The van der Waals surface area contributed by atoms with Gasteiger partial charge in [-0.2, -0.15) is 0 Å². The average Bonchev–Trinajstić information content (AvgIpc) is 2.86. The third-order valence-electron chi connectivity index (χ3n) is 6.82. The molecule has 8 nitrogen and oxygen atoms in total. The van der Waals surface area contributed by atoms with Gasteiger partial charge in [0.05, 0.1) is 26.3 Å². The Balaban J connectivity index is 0.00000157. The molecule has 1 aliphatic carbocycles. The first-order valence-electron chi connectivity index (χ1n) is 13.6. The Hall–Kier alpha value is -3.04. The summed E-state index contributed by atoms with van der Waals surface area (Å²) in [6.45, 7) is 13.3. The number of carboxylic acid groups (broad SMARTS) is 1. The van der Waals surface area contributed by atoms with E-state index in [1.54, 1.807) is 26.6 Å². The van der Waals surface area contributed by atoms with Crippen molar-refractivity contribution in [2.45, 2.75) is 97.1 Å². The standard InChI is InChI=1S/C30H42N2O4.C2H4O2.Co/c1-29(2,3)23-15-21(35-7)13-19(27(23)33)17-31-25-11-9-10-12-26(25)32-18-20-14-22(36-8)16-24(28(20)34)30(4,5)6;1-2(3)4;/h13-18,25-26,33-34H,9-12H2,1-8H3;1H3,(H,3,4);/p-1. The van der Waals surface area contributed by atoms with E-state index in [0.717, 1.165) is 43.7 Å². The predicted molar refractivity (Wildman–Crippen MR) is 159 cm³/mol. The quantitative estimate of drug-likeness (QED) is 0.426. The van der Waals surface area contributed by atoms with Crippen molar-refractivity contribution in [2.75, 3.05) is 14.2 Å². The number of carbonyl (C=O) groups excluding carboxylic acids is 1. The van der Waals surface area contributed by atoms with E-state index >= 15 is 0 Å². The SMILES string of the molecule is CC(=O)[O-].COc1cc(C=NC2CCCCC2N=Cc2cc(OC)cc(C(C)(C)C)c2O)c(O)c(C(C)(C)C)c1.[Co]. The number of carboxylic acids is 1. The Morgan fingerprint density at radius 3 is 1.39 bits per heavy atom. The zero-order valence-electron chi connectivity index (χ0n) is 25.7. The van der Waals surface area contributed by atoms with E-state index in [1.165, 1.54) is 0 Å². The number of phenols is 2. The maximum absolute atomic E-state index is 10.9. The number of rotatable bonds is 6. The van der Waals surface area contributed by atoms with Crippen molar-refractivity contribution in [1.29, 1.82) is 0 Å². The number of hydrogen-bond donors (Lipinski definition) is 2. The van der Waals surface area contributed by atoms with Gasteiger partial charge in [0.2, 0.25) is 0 Å². The van der Waals surface area contributed by atoms with Gasteiger partial charge in [-0.25, -0.2) is 0 Å². The average molecular weight is 613 g/mol. The topological polar surface area (TPSA) is 124 Å². The fourth-order valence-corrected chi connectivity index (χ4v) is 4.63. The molecule has 0 aromatic heterocycles. The summed E-state index contributed by atoms with van der Waals surface area (Å²) in [6.07, 6.45) is 7.53. The summed E-state index contributed by atoms with van der Waals surface area (Å²) in [6, 6.07) is 7.39. The van der Waals surface area contributed by atoms with Crippen molar-refractivity contribution in [3.8, 4) is 23.0 Å². The third-order valence-corrected chi connectivity index (χ3v) is 6.82. The maximum Gasteiger partial charge on any atom is 0.128 e. The van der Waals surface area contributed by atoms with Gasteiger partial charge in [-0.05, 0) is 54.9 Å². The van der Waals surface area contributed by atoms with E-state index in [0.29, 0.717) is 22.6 Å². The molecule has 1 aliphatic rings. The van der Waals surface area contributed by atoms with Gasteiger partial charge >= 0.3 is 0 Å². The number of nitrogens with zero attached hydrogens (tertiary/aromatic N) is 2. The van der Waals surface area contributed by atoms with Crippen LogP contribution in [-0.2, 0) is 32.4 Å². The Bertz CT molecular complexity index is 1130. The first-order valence-corrected chi connectivity index (χ1v) is 13.6. The monoisotopic (exact) mass is 612 g/mol. The molecule has 0 heterocycles. The fourth-order valence-electron chi connectivity index (χ4n) is 4.63. The molecule has 0 bridgehead atoms. The molecule has 0 saturated heterocycles. The molecule has 2 N–H and O–H groups in total. The molecule has 1 radical (unpaired) electrons. The van der Waals surface area contributed by atoms with Crippen LogP contribution in [0.3, 0.4) is 0 Å². The van der Waals surface area contributed by atoms with E-state index < -0.39 is 5.97 Å². The molecular formula is C32H45CoN2O6-. The second kappa shape index (κ2) is 15.3. The van der Waals surface area contributed by atoms with Gasteiger partial charge in [-0.3, -0.25) is 9.98 Å². The molecule has 2 aromatic rings. The van der Waals surface area contributed by atoms with Gasteiger partial charge in [0, 0.05) is 57.4 Å². The first-order chi connectivity index (χ1) is 18.6. The summed E-state index contributed by atoms with van der Waals surface area (Å²) in [5, 5.41) is 30.8. The Labute approximate surface area is 255 Å². The second-order valence-electron chi connectivity index (χ2n) is 12.2. The Morgan fingerprint density at radius 1 is 0.805 bits per heavy atom. The number of methoxy groups -OCH3 is 2. The van der Waals surface area contributed by atoms with Crippen LogP contribution in [-0.4, -0.2) is 54.9 Å². The Kier molecular flexibility index (Phi) is 13.4. The van der Waals surface area contributed by atoms with Crippen molar-refractivity contribution >= 4 is 18.4 Å². The normalized spacial score (nSPS) is 17.5. The van der Waals surface area contributed by atoms with E-state index in [4.69, 9.17) is 29.4 Å². The van der Waals surface area contributed by atoms with E-state index in [1.807, 2.05) is 24.3 Å². The smallest absolute Gasteiger partial charge is 0.128 e. The van der Waals surface area contributed by atoms with Crippen LogP contribution in [0.15, 0.2) is 34.3 Å². The number of aromatic hydroxyl groups is 2. The van der Waals surface area contributed by atoms with Crippen LogP contribution >= 0.6 is 0 Å². The molecule has 9 heteroatoms. The number of benzene rings is 2. The van der Waals surface area contributed by atoms with Gasteiger partial charge in [0.15, 0.2) is 0 Å². The molecule has 2 atom stereocenters. The molecule has 0 aliphatic heterocycles. The molecule has 41 heavy (non-hydrogen) atoms.